The Hall–Kier alpha value is -4.41. The first-order valence-corrected chi connectivity index (χ1v) is 32.8. The van der Waals surface area contributed by atoms with Crippen molar-refractivity contribution in [3.63, 3.8) is 0 Å². The van der Waals surface area contributed by atoms with Crippen LogP contribution in [0.1, 0.15) is 112 Å². The van der Waals surface area contributed by atoms with Gasteiger partial charge < -0.3 is 109 Å². The summed E-state index contributed by atoms with van der Waals surface area (Å²) in [6.07, 6.45) is -30.7. The van der Waals surface area contributed by atoms with Crippen molar-refractivity contribution in [2.75, 3.05) is 59.3 Å². The molecule has 4 saturated heterocycles. The highest BCUT2D eigenvalue weighted by atomic mass is 32.3. The molecule has 4 fully saturated rings. The van der Waals surface area contributed by atoms with Gasteiger partial charge in [-0.2, -0.15) is 16.8 Å². The smallest absolute Gasteiger partial charge is 0.397 e. The fourth-order valence-electron chi connectivity index (χ4n) is 10.1. The number of ether oxygens (including phenoxy) is 11. The van der Waals surface area contributed by atoms with Gasteiger partial charge in [-0.3, -0.25) is 33.1 Å². The van der Waals surface area contributed by atoms with Gasteiger partial charge >= 0.3 is 32.7 Å². The summed E-state index contributed by atoms with van der Waals surface area (Å²) in [4.78, 5) is 86.0. The van der Waals surface area contributed by atoms with Crippen LogP contribution in [0.15, 0.2) is 0 Å². The van der Waals surface area contributed by atoms with Crippen molar-refractivity contribution in [2.45, 2.75) is 234 Å². The summed E-state index contributed by atoms with van der Waals surface area (Å²) in [6.45, 7) is 7.89. The van der Waals surface area contributed by atoms with Crippen molar-refractivity contribution in [3.8, 4) is 0 Å². The van der Waals surface area contributed by atoms with Crippen molar-refractivity contribution in [2.24, 2.45) is 0 Å². The molecule has 92 heavy (non-hydrogen) atoms. The number of unbranched alkanes of at least 4 members (excludes halogenated alkanes) is 7. The lowest BCUT2D eigenvalue weighted by Crippen LogP contribution is -2.70. The van der Waals surface area contributed by atoms with Crippen LogP contribution in [0.25, 0.3) is 0 Å². The summed E-state index contributed by atoms with van der Waals surface area (Å²) < 4.78 is 139. The molecule has 13 N–H and O–H groups in total. The number of amides is 4. The standard InChI is InChI=1S/C53H90N4O33S2/c1-6-16-31(60)25-79-23-21-78-22-24-80-26-33(62)55-19-13-9-7-8-12-17-32(61)54-18-14-10-11-15-20-81-52-44(89-91(72,73)74)39(66)42(46(87-52)48(68)69)86-51-35(57-30(5)59)38(65)41(28(3)83-51)84-53-45(90-92(75,76)77)40(67)43(47(88-53)49(70)71)85-50-34(56-29(4)58)37(64)36(63)27(2)82-50/h27-28,34-47,50-53,63-67H,6-26H2,1-5H3,(H,54,61)(H,55,62)(H,56,58)(H,57,59)(H,68,69)(H,70,71)(H,72,73,74)(H,75,76,77). The van der Waals surface area contributed by atoms with E-state index < -0.39 is 167 Å². The molecule has 0 aromatic rings. The molecule has 0 bridgehead atoms. The van der Waals surface area contributed by atoms with Crippen molar-refractivity contribution in [3.05, 3.63) is 0 Å². The zero-order chi connectivity index (χ0) is 68.5. The number of aliphatic hydroxyl groups excluding tert-OH is 5. The van der Waals surface area contributed by atoms with Gasteiger partial charge in [0.2, 0.25) is 23.6 Å². The second kappa shape index (κ2) is 39.6. The monoisotopic (exact) mass is 1370 g/mol. The first-order chi connectivity index (χ1) is 43.3. The average molecular weight is 1380 g/mol. The van der Waals surface area contributed by atoms with Crippen LogP contribution in [-0.2, 0) is 115 Å². The quantitative estimate of drug-likeness (QED) is 0.0205. The lowest BCUT2D eigenvalue weighted by atomic mass is 9.94. The number of carbonyl (C=O) groups excluding carboxylic acids is 5. The van der Waals surface area contributed by atoms with E-state index in [-0.39, 0.29) is 57.1 Å². The Balaban J connectivity index is 1.26. The number of hydrogen-bond donors (Lipinski definition) is 13. The molecule has 0 aliphatic carbocycles. The van der Waals surface area contributed by atoms with Crippen LogP contribution in [0, 0.1) is 0 Å². The van der Waals surface area contributed by atoms with Gasteiger partial charge in [0.15, 0.2) is 55.4 Å². The number of hydrogen-bond acceptors (Lipinski definition) is 29. The van der Waals surface area contributed by atoms with E-state index in [0.717, 1.165) is 52.9 Å². The number of carboxylic acid groups (broad SMARTS) is 2. The van der Waals surface area contributed by atoms with Gasteiger partial charge in [0.1, 0.15) is 74.1 Å². The minimum absolute atomic E-state index is 0.0452. The van der Waals surface area contributed by atoms with E-state index in [9.17, 15) is 95.2 Å². The molecule has 0 aromatic heterocycles. The normalized spacial score (nSPS) is 31.9. The van der Waals surface area contributed by atoms with Crippen LogP contribution in [0.3, 0.4) is 0 Å². The molecule has 0 radical (unpaired) electrons. The molecular formula is C53H90N4O33S2. The third-order valence-electron chi connectivity index (χ3n) is 14.6. The number of nitrogens with one attached hydrogen (secondary N) is 4. The predicted molar refractivity (Wildman–Crippen MR) is 304 cm³/mol. The maximum Gasteiger partial charge on any atom is 0.397 e. The van der Waals surface area contributed by atoms with Gasteiger partial charge in [-0.1, -0.05) is 39.0 Å². The number of Topliss-reactive ketones (excluding diaryl/α,β-unsaturated/α-hetero) is 1. The summed E-state index contributed by atoms with van der Waals surface area (Å²) in [5.74, 6) is -5.89. The first-order valence-electron chi connectivity index (χ1n) is 30.0. The second-order valence-corrected chi connectivity index (χ2v) is 24.2. The highest BCUT2D eigenvalue weighted by Crippen LogP contribution is 2.37. The van der Waals surface area contributed by atoms with Gasteiger partial charge in [0.25, 0.3) is 0 Å². The van der Waals surface area contributed by atoms with Crippen LogP contribution in [0.2, 0.25) is 0 Å². The van der Waals surface area contributed by atoms with E-state index in [1.807, 2.05) is 6.92 Å². The van der Waals surface area contributed by atoms with Crippen LogP contribution in [-0.4, -0.2) is 285 Å². The third-order valence-corrected chi connectivity index (χ3v) is 15.5. The van der Waals surface area contributed by atoms with Gasteiger partial charge in [-0.25, -0.2) is 18.0 Å². The highest BCUT2D eigenvalue weighted by molar-refractivity contribution is 7.81. The maximum atomic E-state index is 12.7. The fourth-order valence-corrected chi connectivity index (χ4v) is 11.1. The number of ketones is 1. The van der Waals surface area contributed by atoms with Crippen molar-refractivity contribution in [1.82, 2.24) is 21.3 Å². The molecular weight excluding hydrogens is 1280 g/mol. The minimum atomic E-state index is -5.65. The Morgan fingerprint density at radius 3 is 1.42 bits per heavy atom. The van der Waals surface area contributed by atoms with E-state index in [4.69, 9.17) is 52.1 Å². The Morgan fingerprint density at radius 1 is 0.457 bits per heavy atom. The molecule has 20 atom stereocenters. The molecule has 4 aliphatic rings. The number of aliphatic hydroxyl groups is 5. The predicted octanol–water partition coefficient (Wildman–Crippen LogP) is -3.99. The molecule has 4 rings (SSSR count). The first kappa shape index (κ1) is 80.0. The Labute approximate surface area is 531 Å². The number of carboxylic acids is 2. The van der Waals surface area contributed by atoms with Gasteiger partial charge in [0, 0.05) is 46.4 Å². The van der Waals surface area contributed by atoms with Crippen LogP contribution >= 0.6 is 0 Å². The average Bonchev–Trinajstić information content (AvgIpc) is 0.774. The lowest BCUT2D eigenvalue weighted by Gasteiger charge is -2.49. The van der Waals surface area contributed by atoms with Gasteiger partial charge in [0.05, 0.1) is 38.6 Å². The molecule has 4 aliphatic heterocycles. The molecule has 4 heterocycles. The number of rotatable bonds is 42. The molecule has 20 unspecified atom stereocenters. The molecule has 0 saturated carbocycles. The second-order valence-electron chi connectivity index (χ2n) is 22.1. The Bertz CT molecular complexity index is 2560. The molecule has 39 heteroatoms. The molecule has 532 valence electrons. The fraction of sp³-hybridized carbons (Fsp3) is 0.868. The van der Waals surface area contributed by atoms with Crippen molar-refractivity contribution >= 4 is 62.1 Å². The lowest BCUT2D eigenvalue weighted by molar-refractivity contribution is -0.365. The van der Waals surface area contributed by atoms with Crippen molar-refractivity contribution < 1.29 is 156 Å². The van der Waals surface area contributed by atoms with Crippen LogP contribution < -0.4 is 21.3 Å². The van der Waals surface area contributed by atoms with Crippen LogP contribution in [0.4, 0.5) is 0 Å². The summed E-state index contributed by atoms with van der Waals surface area (Å²) in [6, 6.07) is -3.59. The zero-order valence-corrected chi connectivity index (χ0v) is 53.2. The van der Waals surface area contributed by atoms with Crippen molar-refractivity contribution in [1.29, 1.82) is 0 Å². The van der Waals surface area contributed by atoms with E-state index >= 15 is 0 Å². The summed E-state index contributed by atoms with van der Waals surface area (Å²) in [5, 5.41) is 86.9. The van der Waals surface area contributed by atoms with E-state index in [0.29, 0.717) is 64.8 Å². The largest absolute Gasteiger partial charge is 0.479 e. The van der Waals surface area contributed by atoms with Gasteiger partial charge in [-0.05, 0) is 46.0 Å². The summed E-state index contributed by atoms with van der Waals surface area (Å²) in [5.41, 5.74) is 0. The minimum Gasteiger partial charge on any atom is -0.479 e. The summed E-state index contributed by atoms with van der Waals surface area (Å²) in [7, 11) is -11.1. The van der Waals surface area contributed by atoms with Crippen LogP contribution in [0.5, 0.6) is 0 Å². The molecule has 0 spiro atoms. The number of aliphatic carboxylic acids is 2. The Kier molecular flexibility index (Phi) is 34.4. The molecule has 37 nitrogen and oxygen atoms in total. The van der Waals surface area contributed by atoms with E-state index in [1.165, 1.54) is 6.92 Å². The Morgan fingerprint density at radius 2 is 0.902 bits per heavy atom. The summed E-state index contributed by atoms with van der Waals surface area (Å²) >= 11 is 0. The third kappa shape index (κ3) is 27.0. The SMILES string of the molecule is CCCC(=O)COCCOCCOCC(=O)NCCCCCCCC(=O)NCCCCCCOC1OC(C(=O)O)C(OC2OC(C)C(OC3OC(C(=O)O)C(OC4OC(C)C(O)C(O)C4NC(C)=O)C(O)C3OS(=O)(=O)O)C(O)C2NC(C)=O)C(O)C1OS(=O)(=O)O. The zero-order valence-electron chi connectivity index (χ0n) is 51.5. The molecule has 4 amide bonds. The van der Waals surface area contributed by atoms with Gasteiger partial charge in [-0.15, -0.1) is 0 Å². The number of carbonyl (C=O) groups is 7. The van der Waals surface area contributed by atoms with E-state index in [2.05, 4.69) is 29.6 Å². The topological polar surface area (TPSA) is 538 Å². The van der Waals surface area contributed by atoms with E-state index in [1.54, 1.807) is 0 Å². The molecule has 0 aromatic carbocycles. The highest BCUT2D eigenvalue weighted by Gasteiger charge is 2.59. The maximum absolute atomic E-state index is 12.7.